The second-order valence-corrected chi connectivity index (χ2v) is 3.28. The van der Waals surface area contributed by atoms with Crippen molar-refractivity contribution in [3.63, 3.8) is 0 Å². The van der Waals surface area contributed by atoms with E-state index in [1.165, 1.54) is 5.56 Å². The largest absolute Gasteiger partial charge is 0.207 e. The maximum Gasteiger partial charge on any atom is 0.126 e. The first-order chi connectivity index (χ1) is 5.65. The summed E-state index contributed by atoms with van der Waals surface area (Å²) >= 11 is 0. The number of hydrogen-bond acceptors (Lipinski definition) is 0. The van der Waals surface area contributed by atoms with Crippen molar-refractivity contribution < 1.29 is 4.39 Å². The summed E-state index contributed by atoms with van der Waals surface area (Å²) in [5.74, 6) is -0.0556. The first-order valence-corrected chi connectivity index (χ1v) is 4.40. The molecule has 0 radical (unpaired) electrons. The summed E-state index contributed by atoms with van der Waals surface area (Å²) in [5, 5.41) is 0. The van der Waals surface area contributed by atoms with Gasteiger partial charge in [0.15, 0.2) is 0 Å². The lowest BCUT2D eigenvalue weighted by Gasteiger charge is -2.05. The summed E-state index contributed by atoms with van der Waals surface area (Å²) in [7, 11) is 0. The zero-order valence-electron chi connectivity index (χ0n) is 7.95. The molecule has 0 N–H and O–H groups in total. The van der Waals surface area contributed by atoms with Crippen LogP contribution in [0.25, 0.3) is 0 Å². The fourth-order valence-electron chi connectivity index (χ4n) is 1.30. The molecule has 0 amide bonds. The van der Waals surface area contributed by atoms with Crippen LogP contribution in [0, 0.1) is 19.7 Å². The Bertz CT molecular complexity index is 277. The van der Waals surface area contributed by atoms with Gasteiger partial charge in [-0.2, -0.15) is 0 Å². The molecule has 1 heteroatoms. The maximum atomic E-state index is 13.2. The second-order valence-electron chi connectivity index (χ2n) is 3.28. The molecule has 0 heterocycles. The monoisotopic (exact) mass is 165 g/mol. The zero-order chi connectivity index (χ0) is 9.14. The number of hydrogen-bond donors (Lipinski definition) is 0. The van der Waals surface area contributed by atoms with E-state index in [1.54, 1.807) is 6.07 Å². The van der Waals surface area contributed by atoms with Crippen LogP contribution in [0.5, 0.6) is 0 Å². The molecule has 0 saturated heterocycles. The third-order valence-electron chi connectivity index (χ3n) is 2.18. The summed E-state index contributed by atoms with van der Waals surface area (Å²) in [4.78, 5) is 0. The van der Waals surface area contributed by atoms with Crippen molar-refractivity contribution in [1.29, 1.82) is 0 Å². The van der Waals surface area contributed by atoms with E-state index in [0.717, 1.165) is 24.0 Å². The molecule has 0 aromatic heterocycles. The minimum atomic E-state index is -0.0556. The Labute approximate surface area is 73.4 Å². The van der Waals surface area contributed by atoms with Crippen LogP contribution in [-0.2, 0) is 6.42 Å². The van der Waals surface area contributed by atoms with Gasteiger partial charge in [-0.25, -0.2) is 4.39 Å². The third-order valence-corrected chi connectivity index (χ3v) is 2.18. The van der Waals surface area contributed by atoms with E-state index in [9.17, 15) is 4.39 Å². The Hall–Kier alpha value is -0.850. The van der Waals surface area contributed by atoms with Gasteiger partial charge in [0.05, 0.1) is 0 Å². The van der Waals surface area contributed by atoms with Gasteiger partial charge in [0.25, 0.3) is 0 Å². The van der Waals surface area contributed by atoms with Gasteiger partial charge in [-0.15, -0.1) is 0 Å². The summed E-state index contributed by atoms with van der Waals surface area (Å²) < 4.78 is 13.2. The van der Waals surface area contributed by atoms with Crippen LogP contribution in [0.15, 0.2) is 12.1 Å². The topological polar surface area (TPSA) is 0 Å². The predicted molar refractivity (Wildman–Crippen MR) is 49.9 cm³/mol. The molecule has 66 valence electrons. The standard InChI is InChI=1S/C11H15F/c1-4-5-10-6-8(2)9(3)7-11(10)12/h6-7H,4-5H2,1-3H3/i12-1. The molecule has 0 spiro atoms. The molecule has 0 aliphatic rings. The molecule has 0 fully saturated rings. The lowest BCUT2D eigenvalue weighted by atomic mass is 10.0. The Morgan fingerprint density at radius 1 is 1.17 bits per heavy atom. The fourth-order valence-corrected chi connectivity index (χ4v) is 1.30. The number of aryl methyl sites for hydroxylation is 3. The molecule has 0 bridgehead atoms. The van der Waals surface area contributed by atoms with E-state index in [-0.39, 0.29) is 5.82 Å². The summed E-state index contributed by atoms with van der Waals surface area (Å²) in [6.45, 7) is 6.02. The van der Waals surface area contributed by atoms with Crippen molar-refractivity contribution >= 4 is 0 Å². The molecule has 0 unspecified atom stereocenters. The summed E-state index contributed by atoms with van der Waals surface area (Å²) in [6, 6.07) is 3.58. The second kappa shape index (κ2) is 3.70. The van der Waals surface area contributed by atoms with Crippen LogP contribution >= 0.6 is 0 Å². The summed E-state index contributed by atoms with van der Waals surface area (Å²) in [6.07, 6.45) is 1.84. The van der Waals surface area contributed by atoms with Crippen molar-refractivity contribution in [3.05, 3.63) is 34.6 Å². The fraction of sp³-hybridized carbons (Fsp3) is 0.455. The molecular formula is C11H15F. The van der Waals surface area contributed by atoms with Crippen LogP contribution < -0.4 is 0 Å². The van der Waals surface area contributed by atoms with Crippen LogP contribution in [-0.4, -0.2) is 0 Å². The van der Waals surface area contributed by atoms with Gasteiger partial charge in [0.1, 0.15) is 5.82 Å². The Kier molecular flexibility index (Phi) is 2.85. The molecule has 1 aromatic carbocycles. The van der Waals surface area contributed by atoms with Gasteiger partial charge >= 0.3 is 0 Å². The van der Waals surface area contributed by atoms with E-state index in [2.05, 4.69) is 6.92 Å². The highest BCUT2D eigenvalue weighted by Gasteiger charge is 2.03. The van der Waals surface area contributed by atoms with Gasteiger partial charge in [0.2, 0.25) is 0 Å². The van der Waals surface area contributed by atoms with Crippen molar-refractivity contribution in [2.75, 3.05) is 0 Å². The van der Waals surface area contributed by atoms with Gasteiger partial charge in [0, 0.05) is 0 Å². The Balaban J connectivity index is 3.05. The molecule has 1 aromatic rings. The molecule has 0 atom stereocenters. The van der Waals surface area contributed by atoms with E-state index >= 15 is 0 Å². The average Bonchev–Trinajstić information content (AvgIpc) is 2.01. The average molecular weight is 165 g/mol. The number of rotatable bonds is 2. The molecule has 0 aliphatic heterocycles. The zero-order valence-corrected chi connectivity index (χ0v) is 7.95. The smallest absolute Gasteiger partial charge is 0.126 e. The van der Waals surface area contributed by atoms with Crippen molar-refractivity contribution in [2.24, 2.45) is 0 Å². The molecule has 0 nitrogen and oxygen atoms in total. The van der Waals surface area contributed by atoms with Gasteiger partial charge in [-0.1, -0.05) is 19.4 Å². The van der Waals surface area contributed by atoms with Gasteiger partial charge < -0.3 is 0 Å². The van der Waals surface area contributed by atoms with Crippen LogP contribution in [0.1, 0.15) is 30.0 Å². The van der Waals surface area contributed by atoms with Gasteiger partial charge in [-0.05, 0) is 43.0 Å². The maximum absolute atomic E-state index is 13.2. The molecule has 1 rings (SSSR count). The summed E-state index contributed by atoms with van der Waals surface area (Å²) in [5.41, 5.74) is 3.06. The highest BCUT2D eigenvalue weighted by molar-refractivity contribution is 5.31. The predicted octanol–water partition coefficient (Wildman–Crippen LogP) is 3.40. The Morgan fingerprint density at radius 3 is 2.33 bits per heavy atom. The van der Waals surface area contributed by atoms with Crippen LogP contribution in [0.3, 0.4) is 0 Å². The quantitative estimate of drug-likeness (QED) is 0.630. The molecule has 12 heavy (non-hydrogen) atoms. The highest BCUT2D eigenvalue weighted by Crippen LogP contribution is 2.15. The van der Waals surface area contributed by atoms with Crippen LogP contribution in [0.2, 0.25) is 0 Å². The normalized spacial score (nSPS) is 10.3. The van der Waals surface area contributed by atoms with Crippen molar-refractivity contribution in [2.45, 2.75) is 33.6 Å². The highest BCUT2D eigenvalue weighted by atomic mass is 18.2. The van der Waals surface area contributed by atoms with Crippen LogP contribution in [0.4, 0.5) is 4.39 Å². The van der Waals surface area contributed by atoms with E-state index < -0.39 is 0 Å². The Morgan fingerprint density at radius 2 is 1.75 bits per heavy atom. The molecule has 0 aliphatic carbocycles. The third kappa shape index (κ3) is 1.84. The van der Waals surface area contributed by atoms with Crippen molar-refractivity contribution in [3.8, 4) is 0 Å². The minimum absolute atomic E-state index is 0.0556. The van der Waals surface area contributed by atoms with E-state index in [0.29, 0.717) is 0 Å². The number of halogens is 1. The first kappa shape index (κ1) is 9.24. The lowest BCUT2D eigenvalue weighted by Crippen LogP contribution is -1.93. The van der Waals surface area contributed by atoms with Gasteiger partial charge in [-0.3, -0.25) is 0 Å². The van der Waals surface area contributed by atoms with Crippen molar-refractivity contribution in [1.82, 2.24) is 0 Å². The lowest BCUT2D eigenvalue weighted by molar-refractivity contribution is 0.605. The minimum Gasteiger partial charge on any atom is -0.207 e. The molecular weight excluding hydrogens is 150 g/mol. The van der Waals surface area contributed by atoms with E-state index in [1.807, 2.05) is 19.9 Å². The first-order valence-electron chi connectivity index (χ1n) is 4.40. The SMILES string of the molecule is CCCc1cc(C)c(C)cc1[18F]. The number of benzene rings is 1. The molecule has 0 saturated carbocycles. The van der Waals surface area contributed by atoms with E-state index in [4.69, 9.17) is 0 Å².